The fourth-order valence-electron chi connectivity index (χ4n) is 6.29. The summed E-state index contributed by atoms with van der Waals surface area (Å²) in [6, 6.07) is 40.6. The minimum atomic E-state index is 1.00. The quantitative estimate of drug-likeness (QED) is 0.185. The Kier molecular flexibility index (Phi) is 3.27. The lowest BCUT2D eigenvalue weighted by Crippen LogP contribution is -1.92. The Balaban J connectivity index is 1.58. The van der Waals surface area contributed by atoms with Gasteiger partial charge in [-0.15, -0.1) is 0 Å². The third-order valence-corrected chi connectivity index (χ3v) is 7.65. The van der Waals surface area contributed by atoms with E-state index in [0.29, 0.717) is 0 Å². The Bertz CT molecular complexity index is 1880. The molecule has 33 heavy (non-hydrogen) atoms. The smallest absolute Gasteiger partial charge is 0.000728 e. The Labute approximate surface area is 192 Å². The van der Waals surface area contributed by atoms with Crippen molar-refractivity contribution in [3.05, 3.63) is 120 Å². The maximum Gasteiger partial charge on any atom is -0.000728 e. The molecule has 0 atom stereocenters. The first-order valence-electron chi connectivity index (χ1n) is 11.7. The number of benzene rings is 7. The highest BCUT2D eigenvalue weighted by Crippen LogP contribution is 2.47. The standard InChI is InChI=1S/C33H20/c1-2-11-23-22(7-1)19-30-24(23)12-6-13-25(30)28-18-17-21-10-4-15-27-26-14-3-8-20-9-5-16-29(31(20)26)33(28)32(21)27/h1-18H,19H2. The summed E-state index contributed by atoms with van der Waals surface area (Å²) in [5, 5.41) is 10.8. The van der Waals surface area contributed by atoms with E-state index < -0.39 is 0 Å². The Morgan fingerprint density at radius 2 is 0.970 bits per heavy atom. The van der Waals surface area contributed by atoms with E-state index in [2.05, 4.69) is 109 Å². The highest BCUT2D eigenvalue weighted by molar-refractivity contribution is 6.35. The van der Waals surface area contributed by atoms with Crippen molar-refractivity contribution >= 4 is 43.1 Å². The fraction of sp³-hybridized carbons (Fsp3) is 0.0303. The van der Waals surface area contributed by atoms with Crippen molar-refractivity contribution in [1.29, 1.82) is 0 Å². The monoisotopic (exact) mass is 416 g/mol. The third kappa shape index (κ3) is 2.20. The molecule has 0 unspecified atom stereocenters. The molecule has 7 aromatic rings. The first-order valence-corrected chi connectivity index (χ1v) is 11.7. The zero-order valence-corrected chi connectivity index (χ0v) is 18.1. The summed E-state index contributed by atoms with van der Waals surface area (Å²) in [5.74, 6) is 0. The summed E-state index contributed by atoms with van der Waals surface area (Å²) < 4.78 is 0. The molecule has 1 aliphatic carbocycles. The summed E-state index contributed by atoms with van der Waals surface area (Å²) in [6.45, 7) is 0. The molecule has 1 aliphatic rings. The second-order valence-electron chi connectivity index (χ2n) is 9.27. The van der Waals surface area contributed by atoms with E-state index in [1.165, 1.54) is 76.5 Å². The van der Waals surface area contributed by atoms with Crippen LogP contribution in [0.4, 0.5) is 0 Å². The molecule has 0 saturated carbocycles. The SMILES string of the molecule is c1ccc2c(c1)Cc1c-2cccc1-c1ccc2cccc3c4cccc5cccc(c1c23)c54. The topological polar surface area (TPSA) is 0 Å². The van der Waals surface area contributed by atoms with E-state index in [9.17, 15) is 0 Å². The van der Waals surface area contributed by atoms with Crippen molar-refractivity contribution < 1.29 is 0 Å². The maximum absolute atomic E-state index is 2.35. The molecule has 0 nitrogen and oxygen atoms in total. The summed E-state index contributed by atoms with van der Waals surface area (Å²) in [7, 11) is 0. The van der Waals surface area contributed by atoms with Gasteiger partial charge in [0.05, 0.1) is 0 Å². The Morgan fingerprint density at radius 1 is 0.364 bits per heavy atom. The minimum Gasteiger partial charge on any atom is -0.0619 e. The van der Waals surface area contributed by atoms with Crippen molar-refractivity contribution in [2.45, 2.75) is 6.42 Å². The van der Waals surface area contributed by atoms with Crippen LogP contribution in [0.15, 0.2) is 109 Å². The van der Waals surface area contributed by atoms with Gasteiger partial charge in [-0.1, -0.05) is 109 Å². The molecule has 0 amide bonds. The van der Waals surface area contributed by atoms with Crippen LogP contribution in [0.1, 0.15) is 11.1 Å². The van der Waals surface area contributed by atoms with Crippen LogP contribution in [-0.4, -0.2) is 0 Å². The van der Waals surface area contributed by atoms with Crippen molar-refractivity contribution in [3.63, 3.8) is 0 Å². The van der Waals surface area contributed by atoms with Gasteiger partial charge in [0.15, 0.2) is 0 Å². The molecule has 0 saturated heterocycles. The second-order valence-corrected chi connectivity index (χ2v) is 9.27. The normalized spacial score (nSPS) is 12.7. The van der Waals surface area contributed by atoms with Crippen LogP contribution < -0.4 is 0 Å². The van der Waals surface area contributed by atoms with Gasteiger partial charge in [0.25, 0.3) is 0 Å². The number of hydrogen-bond donors (Lipinski definition) is 0. The van der Waals surface area contributed by atoms with Gasteiger partial charge in [0, 0.05) is 0 Å². The van der Waals surface area contributed by atoms with Crippen LogP contribution in [0.3, 0.4) is 0 Å². The van der Waals surface area contributed by atoms with E-state index in [1.807, 2.05) is 0 Å². The first-order chi connectivity index (χ1) is 16.4. The molecule has 0 N–H and O–H groups in total. The summed E-state index contributed by atoms with van der Waals surface area (Å²) in [4.78, 5) is 0. The Morgan fingerprint density at radius 3 is 1.79 bits per heavy atom. The van der Waals surface area contributed by atoms with Gasteiger partial charge in [-0.25, -0.2) is 0 Å². The lowest BCUT2D eigenvalue weighted by atomic mass is 9.84. The van der Waals surface area contributed by atoms with Gasteiger partial charge >= 0.3 is 0 Å². The molecule has 152 valence electrons. The summed E-state index contributed by atoms with van der Waals surface area (Å²) >= 11 is 0. The number of fused-ring (bicyclic) bond motifs is 5. The van der Waals surface area contributed by atoms with Crippen molar-refractivity contribution in [2.75, 3.05) is 0 Å². The van der Waals surface area contributed by atoms with Crippen LogP contribution in [0, 0.1) is 0 Å². The van der Waals surface area contributed by atoms with Crippen LogP contribution in [0.5, 0.6) is 0 Å². The van der Waals surface area contributed by atoms with Crippen molar-refractivity contribution in [1.82, 2.24) is 0 Å². The highest BCUT2D eigenvalue weighted by atomic mass is 14.3. The van der Waals surface area contributed by atoms with E-state index in [-0.39, 0.29) is 0 Å². The molecule has 8 rings (SSSR count). The fourth-order valence-corrected chi connectivity index (χ4v) is 6.29. The molecular weight excluding hydrogens is 396 g/mol. The van der Waals surface area contributed by atoms with Gasteiger partial charge in [-0.2, -0.15) is 0 Å². The molecule has 0 heteroatoms. The van der Waals surface area contributed by atoms with Gasteiger partial charge in [-0.3, -0.25) is 0 Å². The van der Waals surface area contributed by atoms with Gasteiger partial charge < -0.3 is 0 Å². The summed E-state index contributed by atoms with van der Waals surface area (Å²) in [6.07, 6.45) is 1.00. The van der Waals surface area contributed by atoms with Crippen molar-refractivity contribution in [2.24, 2.45) is 0 Å². The Hall–Kier alpha value is -4.16. The molecule has 0 bridgehead atoms. The van der Waals surface area contributed by atoms with Gasteiger partial charge in [0.1, 0.15) is 0 Å². The van der Waals surface area contributed by atoms with Crippen LogP contribution >= 0.6 is 0 Å². The molecular formula is C33H20. The lowest BCUT2D eigenvalue weighted by molar-refractivity contribution is 1.27. The second kappa shape index (κ2) is 6.21. The molecule has 0 aromatic heterocycles. The maximum atomic E-state index is 2.35. The van der Waals surface area contributed by atoms with Gasteiger partial charge in [0.2, 0.25) is 0 Å². The number of rotatable bonds is 1. The summed E-state index contributed by atoms with van der Waals surface area (Å²) in [5.41, 5.74) is 8.38. The average Bonchev–Trinajstić information content (AvgIpc) is 3.26. The highest BCUT2D eigenvalue weighted by Gasteiger charge is 2.23. The first kappa shape index (κ1) is 17.4. The predicted molar refractivity (Wildman–Crippen MR) is 141 cm³/mol. The van der Waals surface area contributed by atoms with E-state index >= 15 is 0 Å². The third-order valence-electron chi connectivity index (χ3n) is 7.65. The van der Waals surface area contributed by atoms with E-state index in [0.717, 1.165) is 6.42 Å². The van der Waals surface area contributed by atoms with Crippen LogP contribution in [0.25, 0.3) is 65.3 Å². The molecule has 0 fully saturated rings. The van der Waals surface area contributed by atoms with Crippen LogP contribution in [0.2, 0.25) is 0 Å². The average molecular weight is 417 g/mol. The minimum absolute atomic E-state index is 1.00. The molecule has 0 spiro atoms. The van der Waals surface area contributed by atoms with Gasteiger partial charge in [-0.05, 0) is 82.9 Å². The molecule has 0 radical (unpaired) electrons. The zero-order valence-electron chi connectivity index (χ0n) is 18.1. The van der Waals surface area contributed by atoms with Crippen molar-refractivity contribution in [3.8, 4) is 22.3 Å². The number of hydrogen-bond acceptors (Lipinski definition) is 0. The zero-order chi connectivity index (χ0) is 21.5. The predicted octanol–water partition coefficient (Wildman–Crippen LogP) is 8.98. The lowest BCUT2D eigenvalue weighted by Gasteiger charge is -2.18. The molecule has 0 heterocycles. The molecule has 0 aliphatic heterocycles. The van der Waals surface area contributed by atoms with Crippen LogP contribution in [-0.2, 0) is 6.42 Å². The van der Waals surface area contributed by atoms with E-state index in [4.69, 9.17) is 0 Å². The largest absolute Gasteiger partial charge is 0.0619 e. The van der Waals surface area contributed by atoms with E-state index in [1.54, 1.807) is 0 Å². The molecule has 7 aromatic carbocycles.